The molecule has 0 spiro atoms. The largest absolute Gasteiger partial charge is 0.416 e. The normalized spacial score (nSPS) is 24.3. The number of nitrogens with one attached hydrogen (secondary N) is 1. The van der Waals surface area contributed by atoms with Crippen molar-refractivity contribution in [3.05, 3.63) is 51.5 Å². The van der Waals surface area contributed by atoms with Crippen LogP contribution in [0, 0.1) is 5.92 Å². The van der Waals surface area contributed by atoms with Crippen molar-refractivity contribution in [2.75, 3.05) is 19.6 Å². The van der Waals surface area contributed by atoms with E-state index in [0.717, 1.165) is 44.5 Å². The molecule has 1 aliphatic heterocycles. The van der Waals surface area contributed by atoms with Gasteiger partial charge in [-0.15, -0.1) is 11.3 Å². The molecule has 1 aromatic carbocycles. The quantitative estimate of drug-likeness (QED) is 0.442. The second kappa shape index (κ2) is 11.6. The maximum Gasteiger partial charge on any atom is 0.416 e. The Morgan fingerprint density at radius 1 is 1.21 bits per heavy atom. The van der Waals surface area contributed by atoms with Crippen molar-refractivity contribution in [1.29, 1.82) is 0 Å². The van der Waals surface area contributed by atoms with Gasteiger partial charge in [0.25, 0.3) is 5.91 Å². The van der Waals surface area contributed by atoms with Gasteiger partial charge in [-0.05, 0) is 62.8 Å². The predicted octanol–water partition coefficient (Wildman–Crippen LogP) is 4.60. The Balaban J connectivity index is 1.21. The number of Topliss-reactive ketones (excluding diaryl/α,β-unsaturated/α-hetero) is 2. The van der Waals surface area contributed by atoms with Gasteiger partial charge in [-0.3, -0.25) is 14.4 Å². The molecule has 1 saturated heterocycles. The highest BCUT2D eigenvalue weighted by Gasteiger charge is 2.40. The molecule has 1 saturated carbocycles. The number of likely N-dealkylation sites (tertiary alicyclic amines) is 1. The van der Waals surface area contributed by atoms with E-state index >= 15 is 0 Å². The topological polar surface area (TPSA) is 99.6 Å². The minimum Gasteiger partial charge on any atom is -0.383 e. The molecule has 2 fully saturated rings. The minimum atomic E-state index is -4.54. The average molecular weight is 552 g/mol. The summed E-state index contributed by atoms with van der Waals surface area (Å²) in [5, 5.41) is 14.2. The van der Waals surface area contributed by atoms with Crippen LogP contribution in [0.4, 0.5) is 13.2 Å². The zero-order valence-corrected chi connectivity index (χ0v) is 22.0. The number of amides is 1. The molecule has 1 aromatic heterocycles. The Kier molecular flexibility index (Phi) is 8.68. The van der Waals surface area contributed by atoms with Gasteiger partial charge in [-0.1, -0.05) is 13.0 Å². The SMILES string of the molecule is CCC(=O)c1cnc(C2(O)CCC(N3CC[C@@H](CC(=O)CNC(=O)c4cccc(C(F)(F)F)c4)C3)CC2)s1. The number of ketones is 2. The first-order valence-corrected chi connectivity index (χ1v) is 13.7. The zero-order chi connectivity index (χ0) is 27.5. The summed E-state index contributed by atoms with van der Waals surface area (Å²) >= 11 is 1.28. The Bertz CT molecular complexity index is 1170. The molecule has 2 N–H and O–H groups in total. The van der Waals surface area contributed by atoms with Crippen LogP contribution in [0.3, 0.4) is 0 Å². The summed E-state index contributed by atoms with van der Waals surface area (Å²) in [4.78, 5) is 43.9. The van der Waals surface area contributed by atoms with E-state index in [2.05, 4.69) is 15.2 Å². The lowest BCUT2D eigenvalue weighted by Crippen LogP contribution is -2.41. The van der Waals surface area contributed by atoms with E-state index in [0.29, 0.717) is 41.6 Å². The fourth-order valence-electron chi connectivity index (χ4n) is 5.32. The summed E-state index contributed by atoms with van der Waals surface area (Å²) in [6, 6.07) is 4.42. The van der Waals surface area contributed by atoms with Crippen LogP contribution in [0.1, 0.15) is 82.5 Å². The van der Waals surface area contributed by atoms with E-state index in [1.165, 1.54) is 23.5 Å². The Hall–Kier alpha value is -2.63. The highest BCUT2D eigenvalue weighted by atomic mass is 32.1. The van der Waals surface area contributed by atoms with Gasteiger partial charge in [-0.2, -0.15) is 13.2 Å². The summed E-state index contributed by atoms with van der Waals surface area (Å²) < 4.78 is 38.6. The second-order valence-electron chi connectivity index (χ2n) is 10.2. The molecule has 206 valence electrons. The van der Waals surface area contributed by atoms with Crippen molar-refractivity contribution in [2.24, 2.45) is 5.92 Å². The molecule has 1 aliphatic carbocycles. The summed E-state index contributed by atoms with van der Waals surface area (Å²) in [6.45, 7) is 3.18. The van der Waals surface area contributed by atoms with Gasteiger partial charge in [0.05, 0.1) is 17.0 Å². The number of benzene rings is 1. The average Bonchev–Trinajstić information content (AvgIpc) is 3.58. The van der Waals surface area contributed by atoms with Gasteiger partial charge < -0.3 is 15.3 Å². The van der Waals surface area contributed by atoms with Gasteiger partial charge in [0.15, 0.2) is 11.6 Å². The first-order valence-electron chi connectivity index (χ1n) is 12.9. The third kappa shape index (κ3) is 6.68. The van der Waals surface area contributed by atoms with Crippen LogP contribution in [0.2, 0.25) is 0 Å². The number of thiazole rings is 1. The van der Waals surface area contributed by atoms with Crippen LogP contribution in [0.5, 0.6) is 0 Å². The fourth-order valence-corrected chi connectivity index (χ4v) is 6.40. The van der Waals surface area contributed by atoms with Gasteiger partial charge in [-0.25, -0.2) is 4.98 Å². The number of rotatable bonds is 9. The number of hydrogen-bond acceptors (Lipinski definition) is 7. The molecule has 0 unspecified atom stereocenters. The maximum atomic E-state index is 12.9. The van der Waals surface area contributed by atoms with E-state index in [1.807, 2.05) is 0 Å². The number of carbonyl (C=O) groups is 3. The van der Waals surface area contributed by atoms with Crippen molar-refractivity contribution < 1.29 is 32.7 Å². The molecular formula is C27H32F3N3O4S. The second-order valence-corrected chi connectivity index (χ2v) is 11.3. The Morgan fingerprint density at radius 3 is 2.63 bits per heavy atom. The predicted molar refractivity (Wildman–Crippen MR) is 136 cm³/mol. The van der Waals surface area contributed by atoms with Gasteiger partial charge in [0.2, 0.25) is 0 Å². The molecule has 38 heavy (non-hydrogen) atoms. The summed E-state index contributed by atoms with van der Waals surface area (Å²) in [5.74, 6) is -0.691. The smallest absolute Gasteiger partial charge is 0.383 e. The third-order valence-corrected chi connectivity index (χ3v) is 8.76. The van der Waals surface area contributed by atoms with Gasteiger partial charge in [0.1, 0.15) is 10.6 Å². The monoisotopic (exact) mass is 551 g/mol. The summed E-state index contributed by atoms with van der Waals surface area (Å²) in [7, 11) is 0. The molecular weight excluding hydrogens is 519 g/mol. The van der Waals surface area contributed by atoms with Gasteiger partial charge >= 0.3 is 6.18 Å². The molecule has 4 rings (SSSR count). The van der Waals surface area contributed by atoms with E-state index in [-0.39, 0.29) is 29.6 Å². The maximum absolute atomic E-state index is 12.9. The van der Waals surface area contributed by atoms with Crippen LogP contribution in [0.25, 0.3) is 0 Å². The lowest BCUT2D eigenvalue weighted by molar-refractivity contribution is -0.137. The number of hydrogen-bond donors (Lipinski definition) is 2. The van der Waals surface area contributed by atoms with E-state index in [1.54, 1.807) is 13.1 Å². The van der Waals surface area contributed by atoms with Crippen LogP contribution < -0.4 is 5.32 Å². The van der Waals surface area contributed by atoms with Crippen LogP contribution in [-0.2, 0) is 16.6 Å². The summed E-state index contributed by atoms with van der Waals surface area (Å²) in [5.41, 5.74) is -2.06. The Morgan fingerprint density at radius 2 is 1.95 bits per heavy atom. The standard InChI is InChI=1S/C27H32F3N3O4S/c1-2-22(35)23-15-32-25(38-23)26(37)9-6-20(7-10-26)33-11-8-17(16-33)12-21(34)14-31-24(36)18-4-3-5-19(13-18)27(28,29)30/h3-5,13,15,17,20,37H,2,6-12,14,16H2,1H3,(H,31,36)/t17-,20?,26?/m0/s1. The molecule has 11 heteroatoms. The van der Waals surface area contributed by atoms with Crippen LogP contribution in [-0.4, -0.2) is 58.1 Å². The van der Waals surface area contributed by atoms with E-state index < -0.39 is 23.2 Å². The van der Waals surface area contributed by atoms with Crippen molar-refractivity contribution in [3.8, 4) is 0 Å². The fraction of sp³-hybridized carbons (Fsp3) is 0.556. The first-order chi connectivity index (χ1) is 18.0. The highest BCUT2D eigenvalue weighted by molar-refractivity contribution is 7.13. The van der Waals surface area contributed by atoms with Crippen LogP contribution in [0.15, 0.2) is 30.5 Å². The van der Waals surface area contributed by atoms with Crippen molar-refractivity contribution in [1.82, 2.24) is 15.2 Å². The summed E-state index contributed by atoms with van der Waals surface area (Å²) in [6.07, 6.45) is 1.27. The lowest BCUT2D eigenvalue weighted by Gasteiger charge is -2.38. The number of halogens is 3. The zero-order valence-electron chi connectivity index (χ0n) is 21.2. The molecule has 2 aromatic rings. The molecule has 7 nitrogen and oxygen atoms in total. The third-order valence-electron chi connectivity index (χ3n) is 7.53. The van der Waals surface area contributed by atoms with Gasteiger partial charge in [0, 0.05) is 37.2 Å². The minimum absolute atomic E-state index is 0.0268. The van der Waals surface area contributed by atoms with E-state index in [4.69, 9.17) is 0 Å². The molecule has 0 radical (unpaired) electrons. The molecule has 2 aliphatic rings. The van der Waals surface area contributed by atoms with Crippen molar-refractivity contribution in [3.63, 3.8) is 0 Å². The lowest BCUT2D eigenvalue weighted by atomic mass is 9.82. The molecule has 2 heterocycles. The molecule has 0 bridgehead atoms. The number of aromatic nitrogens is 1. The van der Waals surface area contributed by atoms with Crippen molar-refractivity contribution >= 4 is 28.8 Å². The molecule has 1 atom stereocenters. The highest BCUT2D eigenvalue weighted by Crippen LogP contribution is 2.41. The Labute approximate surface area is 223 Å². The van der Waals surface area contributed by atoms with E-state index in [9.17, 15) is 32.7 Å². The van der Waals surface area contributed by atoms with Crippen LogP contribution >= 0.6 is 11.3 Å². The first kappa shape index (κ1) is 28.4. The number of alkyl halides is 3. The number of carbonyl (C=O) groups excluding carboxylic acids is 3. The number of nitrogens with zero attached hydrogens (tertiary/aromatic N) is 2. The molecule has 1 amide bonds. The van der Waals surface area contributed by atoms with Crippen molar-refractivity contribution in [2.45, 2.75) is 69.7 Å². The number of aliphatic hydroxyl groups is 1.